The summed E-state index contributed by atoms with van der Waals surface area (Å²) in [5.74, 6) is -0.611. The van der Waals surface area contributed by atoms with Crippen molar-refractivity contribution in [3.63, 3.8) is 0 Å². The zero-order valence-electron chi connectivity index (χ0n) is 15.7. The van der Waals surface area contributed by atoms with Crippen molar-refractivity contribution in [2.75, 3.05) is 6.54 Å². The molecule has 2 unspecified atom stereocenters. The Kier molecular flexibility index (Phi) is 8.91. The van der Waals surface area contributed by atoms with Crippen molar-refractivity contribution in [3.05, 3.63) is 0 Å². The third kappa shape index (κ3) is 5.91. The van der Waals surface area contributed by atoms with Gasteiger partial charge in [0.25, 0.3) is 0 Å². The lowest BCUT2D eigenvalue weighted by molar-refractivity contribution is 0.0931. The summed E-state index contributed by atoms with van der Waals surface area (Å²) in [6.07, 6.45) is 12.5. The summed E-state index contributed by atoms with van der Waals surface area (Å²) >= 11 is 0. The Labute approximate surface area is 150 Å². The fraction of sp³-hybridized carbons (Fsp3) is 1.00. The standard InChI is InChI=1S/C18H33B4N/c1-4-6-8-10-12-17(3,13-11-9-7-5-2)23-14-18(21,22)15(19)16(23)20/h15-16H,4-14H2,1-3H3. The molecule has 5 heteroatoms. The van der Waals surface area contributed by atoms with Gasteiger partial charge in [-0.3, -0.25) is 0 Å². The van der Waals surface area contributed by atoms with Crippen molar-refractivity contribution in [2.24, 2.45) is 0 Å². The van der Waals surface area contributed by atoms with Gasteiger partial charge in [-0.05, 0) is 32.3 Å². The second-order valence-electron chi connectivity index (χ2n) is 7.87. The molecule has 1 fully saturated rings. The number of unbranched alkanes of at least 4 members (excludes halogenated alkanes) is 6. The maximum absolute atomic E-state index is 6.39. The summed E-state index contributed by atoms with van der Waals surface area (Å²) in [5.41, 5.74) is 0.0546. The molecule has 0 aromatic rings. The van der Waals surface area contributed by atoms with E-state index in [1.165, 1.54) is 51.4 Å². The van der Waals surface area contributed by atoms with Crippen molar-refractivity contribution in [3.8, 4) is 0 Å². The van der Waals surface area contributed by atoms with Crippen LogP contribution in [0.4, 0.5) is 0 Å². The first-order valence-corrected chi connectivity index (χ1v) is 9.64. The van der Waals surface area contributed by atoms with Crippen LogP contribution in [0.3, 0.4) is 0 Å². The molecule has 1 aliphatic rings. The highest BCUT2D eigenvalue weighted by Crippen LogP contribution is 2.47. The van der Waals surface area contributed by atoms with E-state index in [1.807, 2.05) is 0 Å². The molecule has 23 heavy (non-hydrogen) atoms. The van der Waals surface area contributed by atoms with E-state index in [9.17, 15) is 0 Å². The van der Waals surface area contributed by atoms with E-state index in [0.29, 0.717) is 6.54 Å². The maximum atomic E-state index is 6.39. The zero-order chi connectivity index (χ0) is 17.5. The van der Waals surface area contributed by atoms with Gasteiger partial charge < -0.3 is 4.90 Å². The van der Waals surface area contributed by atoms with E-state index < -0.39 is 5.21 Å². The van der Waals surface area contributed by atoms with Gasteiger partial charge in [0.15, 0.2) is 0 Å². The molecule has 0 saturated carbocycles. The van der Waals surface area contributed by atoms with Gasteiger partial charge in [-0.1, -0.05) is 76.2 Å². The van der Waals surface area contributed by atoms with Crippen LogP contribution in [0, 0.1) is 0 Å². The molecule has 122 valence electrons. The lowest BCUT2D eigenvalue weighted by atomic mass is 9.43. The van der Waals surface area contributed by atoms with E-state index in [0.717, 1.165) is 12.8 Å². The summed E-state index contributed by atoms with van der Waals surface area (Å²) in [5, 5.41) is -0.881. The van der Waals surface area contributed by atoms with Gasteiger partial charge in [0, 0.05) is 5.54 Å². The maximum Gasteiger partial charge on any atom is 0.0903 e. The van der Waals surface area contributed by atoms with E-state index >= 15 is 0 Å². The minimum atomic E-state index is -0.881. The molecule has 2 atom stereocenters. The molecule has 1 saturated heterocycles. The number of hydrogen-bond donors (Lipinski definition) is 0. The minimum absolute atomic E-state index is 0.0546. The van der Waals surface area contributed by atoms with Crippen molar-refractivity contribution < 1.29 is 0 Å². The van der Waals surface area contributed by atoms with Crippen molar-refractivity contribution in [2.45, 2.75) is 107 Å². The molecular formula is C18H33B4N. The van der Waals surface area contributed by atoms with Crippen LogP contribution in [0.25, 0.3) is 0 Å². The zero-order valence-corrected chi connectivity index (χ0v) is 15.7. The third-order valence-corrected chi connectivity index (χ3v) is 5.62. The van der Waals surface area contributed by atoms with E-state index in [2.05, 4.69) is 25.7 Å². The summed E-state index contributed by atoms with van der Waals surface area (Å²) in [4.78, 5) is 2.30. The first-order valence-electron chi connectivity index (χ1n) is 9.64. The van der Waals surface area contributed by atoms with Crippen LogP contribution in [-0.4, -0.2) is 54.3 Å². The average Bonchev–Trinajstić information content (AvgIpc) is 2.72. The normalized spacial score (nSPS) is 25.0. The smallest absolute Gasteiger partial charge is 0.0903 e. The summed E-state index contributed by atoms with van der Waals surface area (Å²) in [6, 6.07) is 0. The molecule has 1 aliphatic heterocycles. The molecule has 0 aliphatic carbocycles. The summed E-state index contributed by atoms with van der Waals surface area (Å²) in [6.45, 7) is 7.42. The van der Waals surface area contributed by atoms with Crippen LogP contribution in [0.2, 0.25) is 11.0 Å². The monoisotopic (exact) mass is 307 g/mol. The lowest BCUT2D eigenvalue weighted by Gasteiger charge is -2.44. The van der Waals surface area contributed by atoms with Crippen LogP contribution in [0.15, 0.2) is 0 Å². The second-order valence-corrected chi connectivity index (χ2v) is 7.87. The predicted octanol–water partition coefficient (Wildman–Crippen LogP) is 3.91. The van der Waals surface area contributed by atoms with Crippen LogP contribution >= 0.6 is 0 Å². The van der Waals surface area contributed by atoms with Crippen molar-refractivity contribution in [1.82, 2.24) is 4.90 Å². The minimum Gasteiger partial charge on any atom is -0.305 e. The predicted molar refractivity (Wildman–Crippen MR) is 106 cm³/mol. The van der Waals surface area contributed by atoms with Gasteiger partial charge in [0.2, 0.25) is 0 Å². The van der Waals surface area contributed by atoms with Gasteiger partial charge in [0.05, 0.1) is 31.4 Å². The van der Waals surface area contributed by atoms with Gasteiger partial charge in [-0.25, -0.2) is 0 Å². The molecule has 0 amide bonds. The fourth-order valence-electron chi connectivity index (χ4n) is 3.85. The highest BCUT2D eigenvalue weighted by Gasteiger charge is 2.46. The van der Waals surface area contributed by atoms with Gasteiger partial charge in [-0.2, -0.15) is 0 Å². The quantitative estimate of drug-likeness (QED) is 0.413. The number of nitrogens with zero attached hydrogens (tertiary/aromatic N) is 1. The van der Waals surface area contributed by atoms with Crippen LogP contribution in [0.5, 0.6) is 0 Å². The Morgan fingerprint density at radius 3 is 1.74 bits per heavy atom. The molecule has 0 aromatic carbocycles. The highest BCUT2D eigenvalue weighted by atomic mass is 15.2. The summed E-state index contributed by atoms with van der Waals surface area (Å²) < 4.78 is 0. The average molecular weight is 307 g/mol. The first-order chi connectivity index (χ1) is 10.8. The molecule has 0 aromatic heterocycles. The van der Waals surface area contributed by atoms with E-state index in [-0.39, 0.29) is 17.3 Å². The first kappa shape index (κ1) is 21.3. The Hall–Kier alpha value is 0.220. The van der Waals surface area contributed by atoms with Crippen LogP contribution < -0.4 is 0 Å². The number of likely N-dealkylation sites (tertiary alicyclic amines) is 1. The van der Waals surface area contributed by atoms with Gasteiger partial charge >= 0.3 is 0 Å². The molecule has 8 radical (unpaired) electrons. The molecule has 0 spiro atoms. The van der Waals surface area contributed by atoms with Gasteiger partial charge in [-0.15, -0.1) is 0 Å². The van der Waals surface area contributed by atoms with E-state index in [4.69, 9.17) is 31.4 Å². The highest BCUT2D eigenvalue weighted by molar-refractivity contribution is 6.45. The largest absolute Gasteiger partial charge is 0.305 e. The number of hydrogen-bond acceptors (Lipinski definition) is 1. The molecule has 1 rings (SSSR count). The summed E-state index contributed by atoms with van der Waals surface area (Å²) in [7, 11) is 24.9. The second kappa shape index (κ2) is 9.64. The van der Waals surface area contributed by atoms with Gasteiger partial charge in [0.1, 0.15) is 0 Å². The SMILES string of the molecule is [B]C1C([B])C([B])([B])CN1C(C)(CCCCCC)CCCCCC. The molecule has 1 heterocycles. The molecule has 1 nitrogen and oxygen atoms in total. The Balaban J connectivity index is 2.73. The Morgan fingerprint density at radius 2 is 1.39 bits per heavy atom. The number of rotatable bonds is 11. The Bertz CT molecular complexity index is 323. The molecule has 0 N–H and O–H groups in total. The topological polar surface area (TPSA) is 3.24 Å². The Morgan fingerprint density at radius 1 is 0.913 bits per heavy atom. The lowest BCUT2D eigenvalue weighted by Crippen LogP contribution is -2.50. The van der Waals surface area contributed by atoms with Crippen LogP contribution in [-0.2, 0) is 0 Å². The fourth-order valence-corrected chi connectivity index (χ4v) is 3.85. The molecule has 0 bridgehead atoms. The molecular weight excluding hydrogens is 273 g/mol. The third-order valence-electron chi connectivity index (χ3n) is 5.62. The van der Waals surface area contributed by atoms with Crippen molar-refractivity contribution in [1.29, 1.82) is 0 Å². The van der Waals surface area contributed by atoms with Crippen LogP contribution in [0.1, 0.15) is 85.0 Å². The van der Waals surface area contributed by atoms with Crippen molar-refractivity contribution >= 4 is 31.4 Å². The van der Waals surface area contributed by atoms with E-state index in [1.54, 1.807) is 0 Å².